The summed E-state index contributed by atoms with van der Waals surface area (Å²) in [6, 6.07) is 9.05. The summed E-state index contributed by atoms with van der Waals surface area (Å²) in [5.74, 6) is 1.43. The number of benzene rings is 1. The summed E-state index contributed by atoms with van der Waals surface area (Å²) in [5, 5.41) is 8.57. The summed E-state index contributed by atoms with van der Waals surface area (Å²) in [4.78, 5) is 8.50. The Bertz CT molecular complexity index is 1390. The number of hydrogen-bond acceptors (Lipinski definition) is 9. The summed E-state index contributed by atoms with van der Waals surface area (Å²) in [6.07, 6.45) is 3.48. The van der Waals surface area contributed by atoms with Crippen LogP contribution in [0.4, 0.5) is 4.39 Å². The van der Waals surface area contributed by atoms with E-state index in [1.165, 1.54) is 13.3 Å². The highest BCUT2D eigenvalue weighted by atomic mass is 19.1. The van der Waals surface area contributed by atoms with E-state index in [1.54, 1.807) is 16.8 Å². The molecule has 1 aromatic carbocycles. The monoisotopic (exact) mass is 493 g/mol. The van der Waals surface area contributed by atoms with Gasteiger partial charge in [-0.25, -0.2) is 14.1 Å². The van der Waals surface area contributed by atoms with Crippen LogP contribution < -0.4 is 14.2 Å². The summed E-state index contributed by atoms with van der Waals surface area (Å²) in [5.41, 5.74) is 3.17. The van der Waals surface area contributed by atoms with Gasteiger partial charge in [0.1, 0.15) is 30.8 Å². The van der Waals surface area contributed by atoms with Crippen molar-refractivity contribution in [1.29, 1.82) is 0 Å². The van der Waals surface area contributed by atoms with Gasteiger partial charge in [-0.05, 0) is 30.7 Å². The normalized spacial score (nSPS) is 19.4. The van der Waals surface area contributed by atoms with Crippen LogP contribution in [0.2, 0.25) is 0 Å². The SMILES string of the molecule is COc1ccc2ncc(F)c(CCC3OCC(n4cc(-c5ccc6c(c5)OCCO6)nn4)CO3)c2n1. The maximum absolute atomic E-state index is 14.6. The van der Waals surface area contributed by atoms with E-state index in [-0.39, 0.29) is 6.04 Å². The molecular formula is C25H24FN5O5. The first-order valence-corrected chi connectivity index (χ1v) is 11.7. The van der Waals surface area contributed by atoms with Gasteiger partial charge in [0, 0.05) is 23.6 Å². The largest absolute Gasteiger partial charge is 0.486 e. The molecule has 3 aromatic heterocycles. The van der Waals surface area contributed by atoms with Gasteiger partial charge >= 0.3 is 0 Å². The molecule has 0 amide bonds. The number of ether oxygens (including phenoxy) is 5. The molecule has 0 atom stereocenters. The minimum Gasteiger partial charge on any atom is -0.486 e. The summed E-state index contributed by atoms with van der Waals surface area (Å²) < 4.78 is 44.6. The van der Waals surface area contributed by atoms with Gasteiger partial charge in [0.2, 0.25) is 5.88 Å². The van der Waals surface area contributed by atoms with Crippen molar-refractivity contribution in [3.8, 4) is 28.6 Å². The summed E-state index contributed by atoms with van der Waals surface area (Å²) >= 11 is 0. The number of aryl methyl sites for hydroxylation is 1. The fourth-order valence-electron chi connectivity index (χ4n) is 4.33. The fourth-order valence-corrected chi connectivity index (χ4v) is 4.33. The van der Waals surface area contributed by atoms with Gasteiger partial charge in [0.15, 0.2) is 17.8 Å². The van der Waals surface area contributed by atoms with Crippen molar-refractivity contribution in [2.75, 3.05) is 33.5 Å². The molecule has 1 fully saturated rings. The van der Waals surface area contributed by atoms with Crippen LogP contribution in [0.5, 0.6) is 17.4 Å². The molecule has 0 saturated carbocycles. The van der Waals surface area contributed by atoms with Crippen molar-refractivity contribution in [3.63, 3.8) is 0 Å². The zero-order valence-electron chi connectivity index (χ0n) is 19.6. The van der Waals surface area contributed by atoms with E-state index < -0.39 is 12.1 Å². The van der Waals surface area contributed by atoms with Crippen LogP contribution >= 0.6 is 0 Å². The fraction of sp³-hybridized carbons (Fsp3) is 0.360. The first-order valence-electron chi connectivity index (χ1n) is 11.7. The number of rotatable bonds is 6. The first kappa shape index (κ1) is 22.6. The Balaban J connectivity index is 1.09. The molecule has 0 spiro atoms. The number of aromatic nitrogens is 5. The molecule has 6 rings (SSSR count). The second-order valence-electron chi connectivity index (χ2n) is 8.54. The van der Waals surface area contributed by atoms with Crippen LogP contribution in [0.1, 0.15) is 18.0 Å². The lowest BCUT2D eigenvalue weighted by atomic mass is 10.1. The Kier molecular flexibility index (Phi) is 6.08. The lowest BCUT2D eigenvalue weighted by Crippen LogP contribution is -2.34. The van der Waals surface area contributed by atoms with Crippen LogP contribution in [0, 0.1) is 5.82 Å². The van der Waals surface area contributed by atoms with Crippen molar-refractivity contribution in [2.45, 2.75) is 25.2 Å². The van der Waals surface area contributed by atoms with E-state index in [2.05, 4.69) is 20.3 Å². The maximum Gasteiger partial charge on any atom is 0.213 e. The molecule has 10 nitrogen and oxygen atoms in total. The Morgan fingerprint density at radius 1 is 1.08 bits per heavy atom. The highest BCUT2D eigenvalue weighted by Gasteiger charge is 2.26. The average molecular weight is 493 g/mol. The molecule has 0 radical (unpaired) electrons. The minimum absolute atomic E-state index is 0.121. The van der Waals surface area contributed by atoms with E-state index in [1.807, 2.05) is 24.4 Å². The zero-order valence-corrected chi connectivity index (χ0v) is 19.6. The molecule has 0 bridgehead atoms. The number of hydrogen-bond donors (Lipinski definition) is 0. The second kappa shape index (κ2) is 9.67. The number of methoxy groups -OCH3 is 1. The third-order valence-electron chi connectivity index (χ3n) is 6.25. The van der Waals surface area contributed by atoms with Gasteiger partial charge in [0.05, 0.1) is 43.8 Å². The van der Waals surface area contributed by atoms with Crippen molar-refractivity contribution >= 4 is 11.0 Å². The van der Waals surface area contributed by atoms with Crippen LogP contribution in [0.15, 0.2) is 42.7 Å². The Hall–Kier alpha value is -3.83. The minimum atomic E-state index is -0.463. The number of fused-ring (bicyclic) bond motifs is 2. The Labute approximate surface area is 205 Å². The van der Waals surface area contributed by atoms with Gasteiger partial charge < -0.3 is 23.7 Å². The quantitative estimate of drug-likeness (QED) is 0.400. The van der Waals surface area contributed by atoms with Crippen molar-refractivity contribution < 1.29 is 28.1 Å². The van der Waals surface area contributed by atoms with Crippen LogP contribution in [-0.2, 0) is 15.9 Å². The predicted molar refractivity (Wildman–Crippen MR) is 126 cm³/mol. The first-order chi connectivity index (χ1) is 17.7. The third kappa shape index (κ3) is 4.42. The van der Waals surface area contributed by atoms with E-state index in [0.29, 0.717) is 67.5 Å². The standard InChI is InChI=1S/C25H24FN5O5/c1-32-23-6-4-19-25(28-23)17(18(26)11-27-19)3-7-24-35-13-16(14-36-24)31-12-20(29-30-31)15-2-5-21-22(10-15)34-9-8-33-21/h2,4-6,10-12,16,24H,3,7-9,13-14H2,1H3. The van der Waals surface area contributed by atoms with Gasteiger partial charge in [-0.2, -0.15) is 0 Å². The molecule has 11 heteroatoms. The van der Waals surface area contributed by atoms with Gasteiger partial charge in [-0.1, -0.05) is 5.21 Å². The van der Waals surface area contributed by atoms with Crippen molar-refractivity contribution in [1.82, 2.24) is 25.0 Å². The molecule has 2 aliphatic rings. The Morgan fingerprint density at radius 2 is 1.92 bits per heavy atom. The van der Waals surface area contributed by atoms with Crippen LogP contribution in [0.3, 0.4) is 0 Å². The highest BCUT2D eigenvalue weighted by molar-refractivity contribution is 5.78. The van der Waals surface area contributed by atoms with E-state index >= 15 is 0 Å². The van der Waals surface area contributed by atoms with E-state index in [0.717, 1.165) is 17.0 Å². The molecule has 36 heavy (non-hydrogen) atoms. The van der Waals surface area contributed by atoms with Crippen molar-refractivity contribution in [3.05, 3.63) is 54.1 Å². The third-order valence-corrected chi connectivity index (χ3v) is 6.25. The molecule has 0 unspecified atom stereocenters. The molecule has 2 aliphatic heterocycles. The average Bonchev–Trinajstić information content (AvgIpc) is 3.43. The molecular weight excluding hydrogens is 469 g/mol. The number of nitrogens with zero attached hydrogens (tertiary/aromatic N) is 5. The maximum atomic E-state index is 14.6. The molecule has 186 valence electrons. The van der Waals surface area contributed by atoms with E-state index in [9.17, 15) is 4.39 Å². The summed E-state index contributed by atoms with van der Waals surface area (Å²) in [7, 11) is 1.52. The lowest BCUT2D eigenvalue weighted by molar-refractivity contribution is -0.200. The second-order valence-corrected chi connectivity index (χ2v) is 8.54. The van der Waals surface area contributed by atoms with Crippen molar-refractivity contribution in [2.24, 2.45) is 0 Å². The van der Waals surface area contributed by atoms with E-state index in [4.69, 9.17) is 23.7 Å². The highest BCUT2D eigenvalue weighted by Crippen LogP contribution is 2.34. The molecule has 0 N–H and O–H groups in total. The van der Waals surface area contributed by atoms with Gasteiger partial charge in [-0.3, -0.25) is 4.98 Å². The molecule has 4 aromatic rings. The van der Waals surface area contributed by atoms with Crippen LogP contribution in [-0.4, -0.2) is 64.8 Å². The topological polar surface area (TPSA) is 103 Å². The lowest BCUT2D eigenvalue weighted by Gasteiger charge is -2.29. The van der Waals surface area contributed by atoms with Crippen LogP contribution in [0.25, 0.3) is 22.3 Å². The molecule has 5 heterocycles. The van der Waals surface area contributed by atoms with Gasteiger partial charge in [0.25, 0.3) is 0 Å². The summed E-state index contributed by atoms with van der Waals surface area (Å²) in [6.45, 7) is 1.88. The number of pyridine rings is 2. The smallest absolute Gasteiger partial charge is 0.213 e. The predicted octanol–water partition coefficient (Wildman–Crippen LogP) is 3.35. The molecule has 1 saturated heterocycles. The number of halogens is 1. The molecule has 0 aliphatic carbocycles. The Morgan fingerprint density at radius 3 is 2.75 bits per heavy atom. The van der Waals surface area contributed by atoms with Gasteiger partial charge in [-0.15, -0.1) is 5.10 Å². The zero-order chi connectivity index (χ0) is 24.5.